The highest BCUT2D eigenvalue weighted by Crippen LogP contribution is 2.36. The van der Waals surface area contributed by atoms with Crippen LogP contribution in [0, 0.1) is 0 Å². The molecule has 0 bridgehead atoms. The Labute approximate surface area is 201 Å². The van der Waals surface area contributed by atoms with E-state index in [2.05, 4.69) is 5.32 Å². The third-order valence-electron chi connectivity index (χ3n) is 4.76. The lowest BCUT2D eigenvalue weighted by atomic mass is 10.1. The van der Waals surface area contributed by atoms with Crippen molar-refractivity contribution in [2.45, 2.75) is 6.18 Å². The van der Waals surface area contributed by atoms with Crippen molar-refractivity contribution in [3.63, 3.8) is 0 Å². The van der Waals surface area contributed by atoms with Gasteiger partial charge in [0.05, 0.1) is 15.5 Å². The highest BCUT2D eigenvalue weighted by Gasteiger charge is 2.31. The van der Waals surface area contributed by atoms with Gasteiger partial charge < -0.3 is 9.73 Å². The minimum atomic E-state index is -4.51. The van der Waals surface area contributed by atoms with Crippen molar-refractivity contribution >= 4 is 46.4 Å². The Bertz CT molecular complexity index is 1360. The van der Waals surface area contributed by atoms with Crippen molar-refractivity contribution < 1.29 is 27.2 Å². The normalized spacial score (nSPS) is 11.6. The minimum Gasteiger partial charge on any atom is -0.457 e. The van der Waals surface area contributed by atoms with Crippen LogP contribution in [0.5, 0.6) is 0 Å². The Morgan fingerprint density at radius 1 is 1.00 bits per heavy atom. The van der Waals surface area contributed by atoms with Crippen LogP contribution in [0.4, 0.5) is 18.9 Å². The number of rotatable bonds is 6. The summed E-state index contributed by atoms with van der Waals surface area (Å²) in [6, 6.07) is 15.9. The first-order valence-electron chi connectivity index (χ1n) is 9.85. The molecule has 2 aromatic carbocycles. The van der Waals surface area contributed by atoms with Crippen LogP contribution in [0.15, 0.2) is 82.6 Å². The van der Waals surface area contributed by atoms with Crippen LogP contribution in [0.3, 0.4) is 0 Å². The second-order valence-corrected chi connectivity index (χ2v) is 8.46. The molecular weight excluding hydrogens is 487 g/mol. The van der Waals surface area contributed by atoms with Gasteiger partial charge in [0, 0.05) is 16.8 Å². The molecule has 4 nitrogen and oxygen atoms in total. The van der Waals surface area contributed by atoms with Gasteiger partial charge in [-0.3, -0.25) is 9.59 Å². The van der Waals surface area contributed by atoms with Crippen molar-refractivity contribution in [2.75, 3.05) is 5.32 Å². The van der Waals surface area contributed by atoms with E-state index < -0.39 is 11.7 Å². The third kappa shape index (κ3) is 5.47. The average molecular weight is 502 g/mol. The number of hydrogen-bond donors (Lipinski definition) is 1. The molecule has 9 heteroatoms. The van der Waals surface area contributed by atoms with Crippen molar-refractivity contribution in [2.24, 2.45) is 0 Å². The summed E-state index contributed by atoms with van der Waals surface area (Å²) in [4.78, 5) is 25.1. The Balaban J connectivity index is 1.44. The molecule has 0 saturated heterocycles. The standard InChI is InChI=1S/C25H15ClF3NO3S/c26-20-10-5-16(25(27,28)29)14-19(20)22-12-9-18(33-22)8-11-21(31)15-3-6-17(7-4-15)30-24(32)23-2-1-13-34-23/h1-14H,(H,30,32)/b11-8+. The summed E-state index contributed by atoms with van der Waals surface area (Å²) in [6.45, 7) is 0. The Hall–Kier alpha value is -3.62. The quantitative estimate of drug-likeness (QED) is 0.216. The van der Waals surface area contributed by atoms with Crippen LogP contribution in [0.1, 0.15) is 31.4 Å². The molecule has 0 unspecified atom stereocenters. The molecule has 0 fully saturated rings. The van der Waals surface area contributed by atoms with Gasteiger partial charge in [0.2, 0.25) is 0 Å². The smallest absolute Gasteiger partial charge is 0.416 e. The minimum absolute atomic E-state index is 0.0997. The first-order chi connectivity index (χ1) is 16.2. The Kier molecular flexibility index (Phi) is 6.72. The van der Waals surface area contributed by atoms with Crippen molar-refractivity contribution in [3.8, 4) is 11.3 Å². The van der Waals surface area contributed by atoms with E-state index in [1.807, 2.05) is 0 Å². The molecule has 1 amide bonds. The van der Waals surface area contributed by atoms with Gasteiger partial charge >= 0.3 is 6.18 Å². The molecule has 0 aliphatic rings. The number of nitrogens with one attached hydrogen (secondary N) is 1. The van der Waals surface area contributed by atoms with Crippen molar-refractivity contribution in [1.29, 1.82) is 0 Å². The number of anilines is 1. The summed E-state index contributed by atoms with van der Waals surface area (Å²) < 4.78 is 44.6. The highest BCUT2D eigenvalue weighted by molar-refractivity contribution is 7.12. The molecule has 4 rings (SSSR count). The lowest BCUT2D eigenvalue weighted by molar-refractivity contribution is -0.137. The molecule has 0 aliphatic carbocycles. The van der Waals surface area contributed by atoms with Crippen LogP contribution in [0.2, 0.25) is 5.02 Å². The first kappa shape index (κ1) is 23.5. The van der Waals surface area contributed by atoms with Gasteiger partial charge in [0.1, 0.15) is 11.5 Å². The van der Waals surface area contributed by atoms with E-state index in [1.54, 1.807) is 41.8 Å². The van der Waals surface area contributed by atoms with Crippen LogP contribution in [-0.2, 0) is 6.18 Å². The molecule has 34 heavy (non-hydrogen) atoms. The highest BCUT2D eigenvalue weighted by atomic mass is 35.5. The Morgan fingerprint density at radius 2 is 1.76 bits per heavy atom. The molecule has 0 aliphatic heterocycles. The predicted octanol–water partition coefficient (Wildman–Crippen LogP) is 7.83. The molecule has 0 saturated carbocycles. The molecule has 1 N–H and O–H groups in total. The summed E-state index contributed by atoms with van der Waals surface area (Å²) in [6.07, 6.45) is -1.81. The van der Waals surface area contributed by atoms with E-state index in [1.165, 1.54) is 35.6 Å². The summed E-state index contributed by atoms with van der Waals surface area (Å²) in [5.41, 5.74) is 0.193. The molecule has 0 atom stereocenters. The maximum Gasteiger partial charge on any atom is 0.416 e. The lowest BCUT2D eigenvalue weighted by Gasteiger charge is -2.09. The summed E-state index contributed by atoms with van der Waals surface area (Å²) >= 11 is 7.37. The van der Waals surface area contributed by atoms with E-state index in [0.29, 0.717) is 16.1 Å². The molecule has 172 valence electrons. The van der Waals surface area contributed by atoms with Gasteiger partial charge in [-0.2, -0.15) is 13.2 Å². The summed E-state index contributed by atoms with van der Waals surface area (Å²) in [5, 5.41) is 4.67. The largest absolute Gasteiger partial charge is 0.457 e. The number of furan rings is 1. The number of halogens is 4. The maximum absolute atomic E-state index is 13.0. The number of carbonyl (C=O) groups excluding carboxylic acids is 2. The van der Waals surface area contributed by atoms with Crippen molar-refractivity contribution in [1.82, 2.24) is 0 Å². The number of allylic oxidation sites excluding steroid dienone is 1. The number of thiophene rings is 1. The molecule has 2 aromatic heterocycles. The SMILES string of the molecule is O=C(/C=C/c1ccc(-c2cc(C(F)(F)F)ccc2Cl)o1)c1ccc(NC(=O)c2cccs2)cc1. The van der Waals surface area contributed by atoms with E-state index in [9.17, 15) is 22.8 Å². The third-order valence-corrected chi connectivity index (χ3v) is 5.96. The lowest BCUT2D eigenvalue weighted by Crippen LogP contribution is -2.10. The molecule has 0 spiro atoms. The van der Waals surface area contributed by atoms with Gasteiger partial charge in [-0.25, -0.2) is 0 Å². The average Bonchev–Trinajstić information content (AvgIpc) is 3.50. The van der Waals surface area contributed by atoms with Crippen LogP contribution >= 0.6 is 22.9 Å². The fraction of sp³-hybridized carbons (Fsp3) is 0.0400. The predicted molar refractivity (Wildman–Crippen MR) is 126 cm³/mol. The van der Waals surface area contributed by atoms with Gasteiger partial charge in [0.15, 0.2) is 5.78 Å². The zero-order chi connectivity index (χ0) is 24.3. The van der Waals surface area contributed by atoms with E-state index in [-0.39, 0.29) is 33.8 Å². The summed E-state index contributed by atoms with van der Waals surface area (Å²) in [5.74, 6) is -0.125. The zero-order valence-electron chi connectivity index (χ0n) is 17.2. The zero-order valence-corrected chi connectivity index (χ0v) is 18.8. The second kappa shape index (κ2) is 9.70. The van der Waals surface area contributed by atoms with Crippen molar-refractivity contribution in [3.05, 3.63) is 105 Å². The fourth-order valence-electron chi connectivity index (χ4n) is 3.05. The molecule has 2 heterocycles. The van der Waals surface area contributed by atoms with Gasteiger partial charge in [0.25, 0.3) is 5.91 Å². The van der Waals surface area contributed by atoms with Gasteiger partial charge in [-0.15, -0.1) is 11.3 Å². The van der Waals surface area contributed by atoms with Crippen LogP contribution in [-0.4, -0.2) is 11.7 Å². The number of hydrogen-bond acceptors (Lipinski definition) is 4. The van der Waals surface area contributed by atoms with E-state index in [0.717, 1.165) is 18.2 Å². The number of alkyl halides is 3. The van der Waals surface area contributed by atoms with E-state index >= 15 is 0 Å². The van der Waals surface area contributed by atoms with Gasteiger partial charge in [-0.1, -0.05) is 17.7 Å². The van der Waals surface area contributed by atoms with E-state index in [4.69, 9.17) is 16.0 Å². The molecular formula is C25H15ClF3NO3S. The van der Waals surface area contributed by atoms with Crippen LogP contribution < -0.4 is 5.32 Å². The number of amides is 1. The number of benzene rings is 2. The first-order valence-corrected chi connectivity index (χ1v) is 11.1. The van der Waals surface area contributed by atoms with Crippen LogP contribution in [0.25, 0.3) is 17.4 Å². The molecule has 0 radical (unpaired) electrons. The number of ketones is 1. The topological polar surface area (TPSA) is 59.3 Å². The monoisotopic (exact) mass is 501 g/mol. The fourth-order valence-corrected chi connectivity index (χ4v) is 3.88. The molecule has 4 aromatic rings. The summed E-state index contributed by atoms with van der Waals surface area (Å²) in [7, 11) is 0. The second-order valence-electron chi connectivity index (χ2n) is 7.10. The maximum atomic E-state index is 13.0. The number of carbonyl (C=O) groups is 2. The Morgan fingerprint density at radius 3 is 2.44 bits per heavy atom. The van der Waals surface area contributed by atoms with Gasteiger partial charge in [-0.05, 0) is 78.2 Å².